The van der Waals surface area contributed by atoms with Gasteiger partial charge in [-0.05, 0) is 51.4 Å². The Morgan fingerprint density at radius 3 is 2.94 bits per heavy atom. The Morgan fingerprint density at radius 1 is 1.44 bits per heavy atom. The zero-order chi connectivity index (χ0) is 13.2. The van der Waals surface area contributed by atoms with Crippen LogP contribution in [0.3, 0.4) is 0 Å². The van der Waals surface area contributed by atoms with Crippen molar-refractivity contribution in [3.63, 3.8) is 0 Å². The Balaban J connectivity index is 2.10. The molecule has 0 bridgehead atoms. The van der Waals surface area contributed by atoms with Crippen LogP contribution in [0.15, 0.2) is 24.3 Å². The first-order chi connectivity index (χ1) is 8.46. The van der Waals surface area contributed by atoms with E-state index in [-0.39, 0.29) is 5.54 Å². The van der Waals surface area contributed by atoms with Gasteiger partial charge in [-0.1, -0.05) is 12.1 Å². The average Bonchev–Trinajstić information content (AvgIpc) is 2.38. The minimum Gasteiger partial charge on any atom is -0.508 e. The van der Waals surface area contributed by atoms with Gasteiger partial charge in [-0.15, -0.1) is 0 Å². The normalized spacial score (nSPS) is 24.7. The molecule has 2 N–H and O–H groups in total. The quantitative estimate of drug-likeness (QED) is 0.843. The van der Waals surface area contributed by atoms with Gasteiger partial charge in [0, 0.05) is 24.7 Å². The highest BCUT2D eigenvalue weighted by atomic mass is 16.3. The molecule has 0 radical (unpaired) electrons. The number of hydrogen-bond acceptors (Lipinski definition) is 3. The molecule has 0 spiro atoms. The van der Waals surface area contributed by atoms with E-state index >= 15 is 0 Å². The van der Waals surface area contributed by atoms with Crippen LogP contribution in [-0.4, -0.2) is 34.7 Å². The van der Waals surface area contributed by atoms with Crippen LogP contribution in [0, 0.1) is 0 Å². The van der Waals surface area contributed by atoms with E-state index in [2.05, 4.69) is 37.1 Å². The summed E-state index contributed by atoms with van der Waals surface area (Å²) in [6.07, 6.45) is 1.17. The van der Waals surface area contributed by atoms with Crippen LogP contribution in [-0.2, 0) is 6.54 Å². The molecule has 0 amide bonds. The highest BCUT2D eigenvalue weighted by Crippen LogP contribution is 2.20. The molecular weight excluding hydrogens is 224 g/mol. The fourth-order valence-corrected chi connectivity index (χ4v) is 2.62. The molecule has 1 unspecified atom stereocenters. The van der Waals surface area contributed by atoms with Crippen LogP contribution in [0.2, 0.25) is 0 Å². The van der Waals surface area contributed by atoms with Gasteiger partial charge < -0.3 is 10.4 Å². The summed E-state index contributed by atoms with van der Waals surface area (Å²) in [5, 5.41) is 13.1. The van der Waals surface area contributed by atoms with Crippen molar-refractivity contribution in [1.82, 2.24) is 10.2 Å². The number of phenols is 1. The standard InChI is InChI=1S/C15H24N2O/c1-12-7-8-16-15(2,3)11-17(12)10-13-5-4-6-14(18)9-13/h4-6,9,12,16,18H,7-8,10-11H2,1-3H3. The minimum absolute atomic E-state index is 0.154. The van der Waals surface area contributed by atoms with Crippen molar-refractivity contribution in [2.24, 2.45) is 0 Å². The summed E-state index contributed by atoms with van der Waals surface area (Å²) < 4.78 is 0. The summed E-state index contributed by atoms with van der Waals surface area (Å²) in [5.74, 6) is 0.354. The van der Waals surface area contributed by atoms with Crippen molar-refractivity contribution >= 4 is 0 Å². The summed E-state index contributed by atoms with van der Waals surface area (Å²) >= 11 is 0. The maximum absolute atomic E-state index is 9.54. The molecule has 3 nitrogen and oxygen atoms in total. The van der Waals surface area contributed by atoms with Crippen LogP contribution in [0.5, 0.6) is 5.75 Å². The first kappa shape index (κ1) is 13.4. The maximum atomic E-state index is 9.54. The highest BCUT2D eigenvalue weighted by Gasteiger charge is 2.27. The molecule has 100 valence electrons. The van der Waals surface area contributed by atoms with E-state index in [1.165, 1.54) is 12.0 Å². The molecule has 3 heteroatoms. The molecule has 18 heavy (non-hydrogen) atoms. The lowest BCUT2D eigenvalue weighted by molar-refractivity contribution is 0.173. The molecule has 2 rings (SSSR count). The van der Waals surface area contributed by atoms with E-state index in [0.29, 0.717) is 11.8 Å². The summed E-state index contributed by atoms with van der Waals surface area (Å²) in [4.78, 5) is 2.49. The smallest absolute Gasteiger partial charge is 0.115 e. The van der Waals surface area contributed by atoms with Gasteiger partial charge in [-0.3, -0.25) is 4.90 Å². The SMILES string of the molecule is CC1CCNC(C)(C)CN1Cc1cccc(O)c1. The fourth-order valence-electron chi connectivity index (χ4n) is 2.62. The largest absolute Gasteiger partial charge is 0.508 e. The number of phenolic OH excluding ortho intramolecular Hbond substituents is 1. The van der Waals surface area contributed by atoms with Crippen molar-refractivity contribution in [2.75, 3.05) is 13.1 Å². The third kappa shape index (κ3) is 3.47. The van der Waals surface area contributed by atoms with Gasteiger partial charge in [0.2, 0.25) is 0 Å². The zero-order valence-corrected chi connectivity index (χ0v) is 11.6. The molecular formula is C15H24N2O. The third-order valence-corrected chi connectivity index (χ3v) is 3.68. The van der Waals surface area contributed by atoms with E-state index in [0.717, 1.165) is 19.6 Å². The summed E-state index contributed by atoms with van der Waals surface area (Å²) in [6.45, 7) is 9.79. The van der Waals surface area contributed by atoms with Crippen molar-refractivity contribution in [2.45, 2.75) is 45.3 Å². The number of benzene rings is 1. The van der Waals surface area contributed by atoms with E-state index in [1.807, 2.05) is 12.1 Å². The van der Waals surface area contributed by atoms with E-state index in [1.54, 1.807) is 6.07 Å². The lowest BCUT2D eigenvalue weighted by atomic mass is 10.0. The number of hydrogen-bond donors (Lipinski definition) is 2. The van der Waals surface area contributed by atoms with Crippen molar-refractivity contribution in [1.29, 1.82) is 0 Å². The van der Waals surface area contributed by atoms with Gasteiger partial charge in [0.25, 0.3) is 0 Å². The Kier molecular flexibility index (Phi) is 3.93. The molecule has 1 fully saturated rings. The minimum atomic E-state index is 0.154. The number of nitrogens with one attached hydrogen (secondary N) is 1. The predicted octanol–water partition coefficient (Wildman–Crippen LogP) is 2.35. The second-order valence-corrected chi connectivity index (χ2v) is 6.02. The monoisotopic (exact) mass is 248 g/mol. The van der Waals surface area contributed by atoms with E-state index in [9.17, 15) is 5.11 Å². The molecule has 1 aliphatic heterocycles. The van der Waals surface area contributed by atoms with Gasteiger partial charge in [0.15, 0.2) is 0 Å². The molecule has 1 atom stereocenters. The summed E-state index contributed by atoms with van der Waals surface area (Å²) in [7, 11) is 0. The molecule has 1 aromatic rings. The van der Waals surface area contributed by atoms with Gasteiger partial charge in [0.05, 0.1) is 0 Å². The van der Waals surface area contributed by atoms with Gasteiger partial charge in [0.1, 0.15) is 5.75 Å². The Hall–Kier alpha value is -1.06. The summed E-state index contributed by atoms with van der Waals surface area (Å²) in [5.41, 5.74) is 1.33. The Labute approximate surface area is 110 Å². The molecule has 0 aliphatic carbocycles. The van der Waals surface area contributed by atoms with Crippen LogP contribution in [0.4, 0.5) is 0 Å². The maximum Gasteiger partial charge on any atom is 0.115 e. The van der Waals surface area contributed by atoms with Crippen LogP contribution in [0.25, 0.3) is 0 Å². The fraction of sp³-hybridized carbons (Fsp3) is 0.600. The van der Waals surface area contributed by atoms with Crippen molar-refractivity contribution in [3.8, 4) is 5.75 Å². The number of nitrogens with zero attached hydrogens (tertiary/aromatic N) is 1. The molecule has 1 heterocycles. The first-order valence-electron chi connectivity index (χ1n) is 6.73. The van der Waals surface area contributed by atoms with Gasteiger partial charge in [-0.2, -0.15) is 0 Å². The second kappa shape index (κ2) is 5.29. The zero-order valence-electron chi connectivity index (χ0n) is 11.6. The molecule has 1 aliphatic rings. The molecule has 1 saturated heterocycles. The van der Waals surface area contributed by atoms with Crippen LogP contribution in [0.1, 0.15) is 32.8 Å². The highest BCUT2D eigenvalue weighted by molar-refractivity contribution is 5.27. The summed E-state index contributed by atoms with van der Waals surface area (Å²) in [6, 6.07) is 8.15. The van der Waals surface area contributed by atoms with Crippen LogP contribution < -0.4 is 5.32 Å². The lowest BCUT2D eigenvalue weighted by Gasteiger charge is -2.33. The Bertz CT molecular complexity index is 403. The number of rotatable bonds is 2. The number of aromatic hydroxyl groups is 1. The first-order valence-corrected chi connectivity index (χ1v) is 6.73. The molecule has 1 aromatic carbocycles. The van der Waals surface area contributed by atoms with Crippen LogP contribution >= 0.6 is 0 Å². The molecule has 0 aromatic heterocycles. The van der Waals surface area contributed by atoms with E-state index in [4.69, 9.17) is 0 Å². The third-order valence-electron chi connectivity index (χ3n) is 3.68. The van der Waals surface area contributed by atoms with Gasteiger partial charge >= 0.3 is 0 Å². The van der Waals surface area contributed by atoms with Gasteiger partial charge in [-0.25, -0.2) is 0 Å². The van der Waals surface area contributed by atoms with Crippen molar-refractivity contribution < 1.29 is 5.11 Å². The lowest BCUT2D eigenvalue weighted by Crippen LogP contribution is -2.47. The average molecular weight is 248 g/mol. The second-order valence-electron chi connectivity index (χ2n) is 6.02. The van der Waals surface area contributed by atoms with E-state index < -0.39 is 0 Å². The molecule has 0 saturated carbocycles. The predicted molar refractivity (Wildman–Crippen MR) is 74.7 cm³/mol. The van der Waals surface area contributed by atoms with Crippen molar-refractivity contribution in [3.05, 3.63) is 29.8 Å². The topological polar surface area (TPSA) is 35.5 Å². The Morgan fingerprint density at radius 2 is 2.22 bits per heavy atom.